The van der Waals surface area contributed by atoms with Gasteiger partial charge in [0.25, 0.3) is 0 Å². The van der Waals surface area contributed by atoms with Crippen molar-refractivity contribution in [3.8, 4) is 0 Å². The SMILES string of the molecule is CC[C@H](C)CC[C@H](C)O. The summed E-state index contributed by atoms with van der Waals surface area (Å²) in [4.78, 5) is 0. The molecule has 0 radical (unpaired) electrons. The summed E-state index contributed by atoms with van der Waals surface area (Å²) < 4.78 is 0. The highest BCUT2D eigenvalue weighted by Gasteiger charge is 2.00. The average molecular weight is 130 g/mol. The third-order valence-electron chi connectivity index (χ3n) is 1.77. The highest BCUT2D eigenvalue weighted by Crippen LogP contribution is 2.10. The Hall–Kier alpha value is -0.0400. The summed E-state index contributed by atoms with van der Waals surface area (Å²) in [6, 6.07) is 0. The number of rotatable bonds is 4. The third-order valence-corrected chi connectivity index (χ3v) is 1.77. The van der Waals surface area contributed by atoms with Crippen LogP contribution in [0.5, 0.6) is 0 Å². The molecule has 0 heterocycles. The molecule has 0 bridgehead atoms. The van der Waals surface area contributed by atoms with Crippen molar-refractivity contribution in [1.29, 1.82) is 0 Å². The predicted octanol–water partition coefficient (Wildman–Crippen LogP) is 2.19. The summed E-state index contributed by atoms with van der Waals surface area (Å²) in [5, 5.41) is 8.90. The Kier molecular flexibility index (Phi) is 4.78. The summed E-state index contributed by atoms with van der Waals surface area (Å²) in [6.07, 6.45) is 3.23. The zero-order valence-corrected chi connectivity index (χ0v) is 6.72. The molecule has 0 saturated carbocycles. The quantitative estimate of drug-likeness (QED) is 0.618. The van der Waals surface area contributed by atoms with Gasteiger partial charge in [0.1, 0.15) is 0 Å². The average Bonchev–Trinajstić information content (AvgIpc) is 1.83. The van der Waals surface area contributed by atoms with Crippen LogP contribution in [0.15, 0.2) is 0 Å². The van der Waals surface area contributed by atoms with Crippen LogP contribution in [0.25, 0.3) is 0 Å². The molecule has 0 aromatic heterocycles. The van der Waals surface area contributed by atoms with Crippen LogP contribution in [0, 0.1) is 5.92 Å². The van der Waals surface area contributed by atoms with Gasteiger partial charge < -0.3 is 5.11 Å². The number of aliphatic hydroxyl groups is 1. The summed E-state index contributed by atoms with van der Waals surface area (Å²) in [6.45, 7) is 6.26. The normalized spacial score (nSPS) is 17.3. The van der Waals surface area contributed by atoms with Gasteiger partial charge in [-0.2, -0.15) is 0 Å². The first-order chi connectivity index (χ1) is 4.16. The smallest absolute Gasteiger partial charge is 0.0512 e. The van der Waals surface area contributed by atoms with Gasteiger partial charge in [-0.25, -0.2) is 0 Å². The molecule has 0 aliphatic heterocycles. The van der Waals surface area contributed by atoms with Crippen LogP contribution in [0.4, 0.5) is 0 Å². The van der Waals surface area contributed by atoms with Crippen molar-refractivity contribution in [1.82, 2.24) is 0 Å². The first-order valence-electron chi connectivity index (χ1n) is 3.84. The molecular formula is C8H18O. The molecule has 56 valence electrons. The monoisotopic (exact) mass is 130 g/mol. The van der Waals surface area contributed by atoms with E-state index in [0.29, 0.717) is 0 Å². The lowest BCUT2D eigenvalue weighted by atomic mass is 10.0. The number of hydrogen-bond acceptors (Lipinski definition) is 1. The molecule has 0 aliphatic rings. The minimum atomic E-state index is -0.112. The van der Waals surface area contributed by atoms with Gasteiger partial charge in [0.05, 0.1) is 6.10 Å². The molecule has 0 amide bonds. The van der Waals surface area contributed by atoms with Crippen LogP contribution >= 0.6 is 0 Å². The second-order valence-corrected chi connectivity index (χ2v) is 2.94. The summed E-state index contributed by atoms with van der Waals surface area (Å²) in [5.41, 5.74) is 0. The molecule has 0 aromatic carbocycles. The molecule has 1 N–H and O–H groups in total. The second kappa shape index (κ2) is 4.80. The molecule has 0 rings (SSSR count). The van der Waals surface area contributed by atoms with Crippen molar-refractivity contribution in [3.63, 3.8) is 0 Å². The van der Waals surface area contributed by atoms with Crippen LogP contribution in [-0.2, 0) is 0 Å². The topological polar surface area (TPSA) is 20.2 Å². The van der Waals surface area contributed by atoms with Crippen molar-refractivity contribution in [2.45, 2.75) is 46.1 Å². The van der Waals surface area contributed by atoms with E-state index in [9.17, 15) is 0 Å². The Morgan fingerprint density at radius 1 is 1.22 bits per heavy atom. The molecule has 0 aliphatic carbocycles. The fourth-order valence-corrected chi connectivity index (χ4v) is 0.730. The molecule has 0 aromatic rings. The second-order valence-electron chi connectivity index (χ2n) is 2.94. The Morgan fingerprint density at radius 3 is 2.11 bits per heavy atom. The highest BCUT2D eigenvalue weighted by atomic mass is 16.3. The van der Waals surface area contributed by atoms with Gasteiger partial charge in [-0.05, 0) is 25.7 Å². The van der Waals surface area contributed by atoms with Crippen LogP contribution in [-0.4, -0.2) is 11.2 Å². The molecule has 0 saturated heterocycles. The molecule has 9 heavy (non-hydrogen) atoms. The summed E-state index contributed by atoms with van der Waals surface area (Å²) >= 11 is 0. The Labute approximate surface area is 58.1 Å². The van der Waals surface area contributed by atoms with Crippen molar-refractivity contribution >= 4 is 0 Å². The van der Waals surface area contributed by atoms with Gasteiger partial charge in [-0.15, -0.1) is 0 Å². The maximum absolute atomic E-state index is 8.90. The van der Waals surface area contributed by atoms with Crippen LogP contribution < -0.4 is 0 Å². The van der Waals surface area contributed by atoms with Gasteiger partial charge in [0.15, 0.2) is 0 Å². The van der Waals surface area contributed by atoms with Crippen molar-refractivity contribution in [3.05, 3.63) is 0 Å². The van der Waals surface area contributed by atoms with E-state index >= 15 is 0 Å². The maximum Gasteiger partial charge on any atom is 0.0512 e. The third kappa shape index (κ3) is 5.84. The van der Waals surface area contributed by atoms with E-state index in [0.717, 1.165) is 18.8 Å². The lowest BCUT2D eigenvalue weighted by molar-refractivity contribution is 0.174. The maximum atomic E-state index is 8.90. The zero-order valence-electron chi connectivity index (χ0n) is 6.72. The lowest BCUT2D eigenvalue weighted by Crippen LogP contribution is -2.02. The van der Waals surface area contributed by atoms with E-state index in [1.54, 1.807) is 0 Å². The van der Waals surface area contributed by atoms with E-state index in [-0.39, 0.29) is 6.10 Å². The van der Waals surface area contributed by atoms with E-state index in [4.69, 9.17) is 5.11 Å². The van der Waals surface area contributed by atoms with E-state index in [1.807, 2.05) is 6.92 Å². The van der Waals surface area contributed by atoms with Crippen molar-refractivity contribution in [2.75, 3.05) is 0 Å². The van der Waals surface area contributed by atoms with Gasteiger partial charge in [0, 0.05) is 0 Å². The number of aliphatic hydroxyl groups excluding tert-OH is 1. The van der Waals surface area contributed by atoms with E-state index < -0.39 is 0 Å². The van der Waals surface area contributed by atoms with Gasteiger partial charge in [-0.1, -0.05) is 20.3 Å². The predicted molar refractivity (Wildman–Crippen MR) is 40.4 cm³/mol. The summed E-state index contributed by atoms with van der Waals surface area (Å²) in [5.74, 6) is 0.777. The standard InChI is InChI=1S/C8H18O/c1-4-7(2)5-6-8(3)9/h7-9H,4-6H2,1-3H3/t7-,8-/m0/s1. The molecular weight excluding hydrogens is 112 g/mol. The summed E-state index contributed by atoms with van der Waals surface area (Å²) in [7, 11) is 0. The van der Waals surface area contributed by atoms with Gasteiger partial charge >= 0.3 is 0 Å². The van der Waals surface area contributed by atoms with Crippen molar-refractivity contribution < 1.29 is 5.11 Å². The van der Waals surface area contributed by atoms with Crippen molar-refractivity contribution in [2.24, 2.45) is 5.92 Å². The molecule has 1 heteroatoms. The zero-order chi connectivity index (χ0) is 7.28. The molecule has 2 atom stereocenters. The Balaban J connectivity index is 3.06. The molecule has 0 fully saturated rings. The fraction of sp³-hybridized carbons (Fsp3) is 1.00. The first-order valence-corrected chi connectivity index (χ1v) is 3.84. The number of hydrogen-bond donors (Lipinski definition) is 1. The Morgan fingerprint density at radius 2 is 1.78 bits per heavy atom. The minimum Gasteiger partial charge on any atom is -0.393 e. The van der Waals surface area contributed by atoms with Crippen LogP contribution in [0.3, 0.4) is 0 Å². The largest absolute Gasteiger partial charge is 0.393 e. The minimum absolute atomic E-state index is 0.112. The van der Waals surface area contributed by atoms with Gasteiger partial charge in [0.2, 0.25) is 0 Å². The first kappa shape index (κ1) is 8.96. The lowest BCUT2D eigenvalue weighted by Gasteiger charge is -2.08. The van der Waals surface area contributed by atoms with E-state index in [1.165, 1.54) is 6.42 Å². The van der Waals surface area contributed by atoms with Gasteiger partial charge in [-0.3, -0.25) is 0 Å². The fourth-order valence-electron chi connectivity index (χ4n) is 0.730. The van der Waals surface area contributed by atoms with Crippen LogP contribution in [0.2, 0.25) is 0 Å². The van der Waals surface area contributed by atoms with Crippen LogP contribution in [0.1, 0.15) is 40.0 Å². The molecule has 0 spiro atoms. The molecule has 1 nitrogen and oxygen atoms in total. The molecule has 0 unspecified atom stereocenters. The Bertz CT molecular complexity index is 59.6. The highest BCUT2D eigenvalue weighted by molar-refractivity contribution is 4.53. The van der Waals surface area contributed by atoms with E-state index in [2.05, 4.69) is 13.8 Å².